The van der Waals surface area contributed by atoms with E-state index in [0.29, 0.717) is 19.4 Å². The van der Waals surface area contributed by atoms with Crippen LogP contribution in [0.4, 0.5) is 13.2 Å². The van der Waals surface area contributed by atoms with E-state index in [-0.39, 0.29) is 5.91 Å². The Hall–Kier alpha value is -1.27. The number of nitrogens with zero attached hydrogens (tertiary/aromatic N) is 2. The van der Waals surface area contributed by atoms with Gasteiger partial charge in [-0.2, -0.15) is 13.2 Å². The number of hydrogen-bond donors (Lipinski definition) is 0. The maximum absolute atomic E-state index is 12.4. The number of hydrogen-bond acceptors (Lipinski definition) is 2. The summed E-state index contributed by atoms with van der Waals surface area (Å²) in [4.78, 5) is 22.7. The largest absolute Gasteiger partial charge is 0.394 e. The molecule has 2 amide bonds. The molecule has 2 aliphatic heterocycles. The van der Waals surface area contributed by atoms with E-state index in [4.69, 9.17) is 0 Å². The summed E-state index contributed by atoms with van der Waals surface area (Å²) in [5.41, 5.74) is 0. The molecule has 0 aromatic heterocycles. The first-order valence-electron chi connectivity index (χ1n) is 5.07. The van der Waals surface area contributed by atoms with Crippen molar-refractivity contribution in [3.8, 4) is 0 Å². The van der Waals surface area contributed by atoms with Crippen LogP contribution in [0, 0.1) is 5.92 Å². The summed E-state index contributed by atoms with van der Waals surface area (Å²) in [5, 5.41) is 2.10. The molecule has 2 heterocycles. The second-order valence-corrected chi connectivity index (χ2v) is 4.04. The van der Waals surface area contributed by atoms with Crippen molar-refractivity contribution in [2.75, 3.05) is 13.1 Å². The molecule has 2 rings (SSSR count). The van der Waals surface area contributed by atoms with E-state index in [0.717, 1.165) is 10.0 Å². The summed E-state index contributed by atoms with van der Waals surface area (Å²) in [6.45, 7) is -0.0801. The Labute approximate surface area is 90.0 Å². The van der Waals surface area contributed by atoms with Crippen molar-refractivity contribution in [3.05, 3.63) is 0 Å². The molecule has 16 heavy (non-hydrogen) atoms. The van der Waals surface area contributed by atoms with Gasteiger partial charge in [-0.05, 0) is 6.42 Å². The van der Waals surface area contributed by atoms with Gasteiger partial charge in [-0.15, -0.1) is 0 Å². The van der Waals surface area contributed by atoms with Crippen LogP contribution in [-0.2, 0) is 9.59 Å². The summed E-state index contributed by atoms with van der Waals surface area (Å²) < 4.78 is 37.2. The predicted molar refractivity (Wildman–Crippen MR) is 46.8 cm³/mol. The maximum atomic E-state index is 12.4. The molecule has 2 fully saturated rings. The van der Waals surface area contributed by atoms with Crippen molar-refractivity contribution in [3.63, 3.8) is 0 Å². The highest BCUT2D eigenvalue weighted by molar-refractivity contribution is 5.84. The SMILES string of the molecule is O=C1CCCN1N1CC(C(F)(F)F)CC1=O. The van der Waals surface area contributed by atoms with Crippen LogP contribution in [0.5, 0.6) is 0 Å². The van der Waals surface area contributed by atoms with Crippen molar-refractivity contribution >= 4 is 11.8 Å². The fraction of sp³-hybridized carbons (Fsp3) is 0.778. The van der Waals surface area contributed by atoms with Gasteiger partial charge in [0.25, 0.3) is 0 Å². The van der Waals surface area contributed by atoms with E-state index in [2.05, 4.69) is 0 Å². The quantitative estimate of drug-likeness (QED) is 0.679. The lowest BCUT2D eigenvalue weighted by atomic mass is 10.1. The van der Waals surface area contributed by atoms with Crippen LogP contribution in [0.1, 0.15) is 19.3 Å². The third kappa shape index (κ3) is 1.85. The second-order valence-electron chi connectivity index (χ2n) is 4.04. The zero-order valence-electron chi connectivity index (χ0n) is 8.46. The molecule has 0 bridgehead atoms. The first-order valence-corrected chi connectivity index (χ1v) is 5.07. The Kier molecular flexibility index (Phi) is 2.55. The molecular formula is C9H11F3N2O2. The van der Waals surface area contributed by atoms with Crippen molar-refractivity contribution in [2.24, 2.45) is 5.92 Å². The zero-order valence-corrected chi connectivity index (χ0v) is 8.46. The smallest absolute Gasteiger partial charge is 0.273 e. The number of amides is 2. The van der Waals surface area contributed by atoms with Crippen LogP contribution in [0.2, 0.25) is 0 Å². The number of carbonyl (C=O) groups is 2. The van der Waals surface area contributed by atoms with Gasteiger partial charge in [0, 0.05) is 19.4 Å². The standard InChI is InChI=1S/C9H11F3N2O2/c10-9(11,12)6-4-8(16)14(5-6)13-3-1-2-7(13)15/h6H,1-5H2. The summed E-state index contributed by atoms with van der Waals surface area (Å²) >= 11 is 0. The lowest BCUT2D eigenvalue weighted by molar-refractivity contribution is -0.175. The van der Waals surface area contributed by atoms with Crippen LogP contribution in [0.25, 0.3) is 0 Å². The van der Waals surface area contributed by atoms with Gasteiger partial charge in [-0.1, -0.05) is 0 Å². The minimum atomic E-state index is -4.37. The zero-order chi connectivity index (χ0) is 11.9. The number of alkyl halides is 3. The Bertz CT molecular complexity index is 329. The lowest BCUT2D eigenvalue weighted by Gasteiger charge is -2.27. The topological polar surface area (TPSA) is 40.6 Å². The van der Waals surface area contributed by atoms with Crippen LogP contribution in [0.3, 0.4) is 0 Å². The van der Waals surface area contributed by atoms with Gasteiger partial charge >= 0.3 is 6.18 Å². The highest BCUT2D eigenvalue weighted by Crippen LogP contribution is 2.35. The summed E-state index contributed by atoms with van der Waals surface area (Å²) in [7, 11) is 0. The number of carbonyl (C=O) groups excluding carboxylic acids is 2. The first-order chi connectivity index (χ1) is 7.39. The Morgan fingerprint density at radius 1 is 1.12 bits per heavy atom. The Morgan fingerprint density at radius 2 is 1.81 bits per heavy atom. The lowest BCUT2D eigenvalue weighted by Crippen LogP contribution is -2.44. The highest BCUT2D eigenvalue weighted by atomic mass is 19.4. The molecule has 1 unspecified atom stereocenters. The van der Waals surface area contributed by atoms with Gasteiger partial charge in [-0.3, -0.25) is 19.6 Å². The Balaban J connectivity index is 2.08. The molecule has 2 aliphatic rings. The van der Waals surface area contributed by atoms with Gasteiger partial charge in [-0.25, -0.2) is 0 Å². The molecule has 90 valence electrons. The average Bonchev–Trinajstić information content (AvgIpc) is 2.70. The number of halogens is 3. The van der Waals surface area contributed by atoms with Gasteiger partial charge in [0.05, 0.1) is 12.5 Å². The van der Waals surface area contributed by atoms with Crippen LogP contribution in [-0.4, -0.2) is 41.1 Å². The molecule has 0 aromatic rings. The molecule has 2 saturated heterocycles. The molecule has 0 N–H and O–H groups in total. The van der Waals surface area contributed by atoms with E-state index in [9.17, 15) is 22.8 Å². The fourth-order valence-electron chi connectivity index (χ4n) is 2.03. The summed E-state index contributed by atoms with van der Waals surface area (Å²) in [6.07, 6.45) is -4.01. The average molecular weight is 236 g/mol. The molecule has 0 saturated carbocycles. The monoisotopic (exact) mass is 236 g/mol. The van der Waals surface area contributed by atoms with Crippen LogP contribution >= 0.6 is 0 Å². The van der Waals surface area contributed by atoms with Gasteiger partial charge in [0.15, 0.2) is 0 Å². The van der Waals surface area contributed by atoms with Crippen molar-refractivity contribution in [2.45, 2.75) is 25.4 Å². The molecule has 7 heteroatoms. The third-order valence-corrected chi connectivity index (χ3v) is 2.91. The summed E-state index contributed by atoms with van der Waals surface area (Å²) in [6, 6.07) is 0. The van der Waals surface area contributed by atoms with E-state index in [1.807, 2.05) is 0 Å². The number of rotatable bonds is 1. The highest BCUT2D eigenvalue weighted by Gasteiger charge is 2.49. The normalized spacial score (nSPS) is 27.1. The van der Waals surface area contributed by atoms with Crippen molar-refractivity contribution in [1.29, 1.82) is 0 Å². The molecule has 0 spiro atoms. The molecular weight excluding hydrogens is 225 g/mol. The van der Waals surface area contributed by atoms with Gasteiger partial charge in [0.2, 0.25) is 11.8 Å². The molecule has 4 nitrogen and oxygen atoms in total. The Morgan fingerprint density at radius 3 is 2.25 bits per heavy atom. The fourth-order valence-corrected chi connectivity index (χ4v) is 2.03. The number of hydrazine groups is 1. The van der Waals surface area contributed by atoms with Gasteiger partial charge < -0.3 is 0 Å². The molecule has 1 atom stereocenters. The predicted octanol–water partition coefficient (Wildman–Crippen LogP) is 0.935. The molecule has 0 radical (unpaired) electrons. The maximum Gasteiger partial charge on any atom is 0.394 e. The van der Waals surface area contributed by atoms with Crippen LogP contribution in [0.15, 0.2) is 0 Å². The van der Waals surface area contributed by atoms with Gasteiger partial charge in [0.1, 0.15) is 0 Å². The summed E-state index contributed by atoms with van der Waals surface area (Å²) in [5.74, 6) is -2.53. The van der Waals surface area contributed by atoms with E-state index in [1.165, 1.54) is 0 Å². The minimum Gasteiger partial charge on any atom is -0.273 e. The van der Waals surface area contributed by atoms with E-state index >= 15 is 0 Å². The third-order valence-electron chi connectivity index (χ3n) is 2.91. The van der Waals surface area contributed by atoms with Crippen molar-refractivity contribution in [1.82, 2.24) is 10.0 Å². The van der Waals surface area contributed by atoms with E-state index in [1.54, 1.807) is 0 Å². The molecule has 0 aliphatic carbocycles. The minimum absolute atomic E-state index is 0.267. The van der Waals surface area contributed by atoms with Crippen molar-refractivity contribution < 1.29 is 22.8 Å². The van der Waals surface area contributed by atoms with Crippen LogP contribution < -0.4 is 0 Å². The second kappa shape index (κ2) is 3.64. The first kappa shape index (κ1) is 11.2. The molecule has 0 aromatic carbocycles. The van der Waals surface area contributed by atoms with E-state index < -0.39 is 31.0 Å².